The van der Waals surface area contributed by atoms with E-state index in [4.69, 9.17) is 9.15 Å². The van der Waals surface area contributed by atoms with Crippen LogP contribution in [-0.4, -0.2) is 24.1 Å². The molecule has 0 unspecified atom stereocenters. The molecule has 1 N–H and O–H groups in total. The average Bonchev–Trinajstić information content (AvgIpc) is 3.21. The van der Waals surface area contributed by atoms with E-state index in [-0.39, 0.29) is 5.91 Å². The van der Waals surface area contributed by atoms with Crippen molar-refractivity contribution < 1.29 is 13.9 Å². The second-order valence-electron chi connectivity index (χ2n) is 5.40. The highest BCUT2D eigenvalue weighted by molar-refractivity contribution is 5.84. The minimum absolute atomic E-state index is 0.0118. The highest BCUT2D eigenvalue weighted by atomic mass is 16.5. The van der Waals surface area contributed by atoms with Crippen molar-refractivity contribution in [2.75, 3.05) is 13.7 Å². The molecule has 3 aromatic rings. The van der Waals surface area contributed by atoms with E-state index in [9.17, 15) is 4.79 Å². The van der Waals surface area contributed by atoms with Crippen molar-refractivity contribution in [3.63, 3.8) is 0 Å². The number of ether oxygens (including phenoxy) is 1. The zero-order valence-corrected chi connectivity index (χ0v) is 13.1. The molecule has 23 heavy (non-hydrogen) atoms. The van der Waals surface area contributed by atoms with Crippen molar-refractivity contribution in [1.82, 2.24) is 9.88 Å². The van der Waals surface area contributed by atoms with Crippen LogP contribution in [0.25, 0.3) is 10.9 Å². The highest BCUT2D eigenvalue weighted by Gasteiger charge is 2.07. The maximum absolute atomic E-state index is 12.1. The first kappa shape index (κ1) is 15.2. The number of amides is 1. The third-order valence-electron chi connectivity index (χ3n) is 3.79. The molecule has 0 aliphatic carbocycles. The lowest BCUT2D eigenvalue weighted by Crippen LogP contribution is -2.28. The van der Waals surface area contributed by atoms with E-state index in [1.807, 2.05) is 47.2 Å². The van der Waals surface area contributed by atoms with Crippen molar-refractivity contribution in [2.24, 2.45) is 0 Å². The monoisotopic (exact) mass is 312 g/mol. The Kier molecular flexibility index (Phi) is 4.66. The van der Waals surface area contributed by atoms with Crippen LogP contribution in [-0.2, 0) is 17.8 Å². The van der Waals surface area contributed by atoms with Gasteiger partial charge < -0.3 is 19.0 Å². The van der Waals surface area contributed by atoms with E-state index >= 15 is 0 Å². The maximum Gasteiger partial charge on any atom is 0.239 e. The zero-order chi connectivity index (χ0) is 16.1. The van der Waals surface area contributed by atoms with Crippen LogP contribution in [0, 0.1) is 0 Å². The summed E-state index contributed by atoms with van der Waals surface area (Å²) in [5, 5.41) is 4.01. The summed E-state index contributed by atoms with van der Waals surface area (Å²) in [4.78, 5) is 12.1. The summed E-state index contributed by atoms with van der Waals surface area (Å²) >= 11 is 0. The minimum atomic E-state index is 0.0118. The standard InChI is InChI=1S/C18H20N2O3/c1-22-16-6-7-17-14(12-16)8-10-20(17)13-18(21)19-9-2-4-15-5-3-11-23-15/h3,5-8,10-12H,2,4,9,13H2,1H3,(H,19,21). The molecule has 2 aromatic heterocycles. The number of carbonyl (C=O) groups is 1. The number of rotatable bonds is 7. The first-order valence-corrected chi connectivity index (χ1v) is 7.68. The zero-order valence-electron chi connectivity index (χ0n) is 13.1. The van der Waals surface area contributed by atoms with Gasteiger partial charge in [-0.3, -0.25) is 4.79 Å². The highest BCUT2D eigenvalue weighted by Crippen LogP contribution is 2.21. The molecule has 0 fully saturated rings. The van der Waals surface area contributed by atoms with Crippen molar-refractivity contribution >= 4 is 16.8 Å². The van der Waals surface area contributed by atoms with Gasteiger partial charge in [0.2, 0.25) is 5.91 Å². The molecule has 0 saturated carbocycles. The largest absolute Gasteiger partial charge is 0.497 e. The average molecular weight is 312 g/mol. The van der Waals surface area contributed by atoms with E-state index < -0.39 is 0 Å². The van der Waals surface area contributed by atoms with Gasteiger partial charge in [0.05, 0.1) is 13.4 Å². The second-order valence-corrected chi connectivity index (χ2v) is 5.40. The van der Waals surface area contributed by atoms with Crippen LogP contribution in [0.3, 0.4) is 0 Å². The van der Waals surface area contributed by atoms with Gasteiger partial charge in [-0.2, -0.15) is 0 Å². The lowest BCUT2D eigenvalue weighted by molar-refractivity contribution is -0.121. The predicted molar refractivity (Wildman–Crippen MR) is 88.5 cm³/mol. The van der Waals surface area contributed by atoms with Gasteiger partial charge in [-0.1, -0.05) is 0 Å². The topological polar surface area (TPSA) is 56.4 Å². The van der Waals surface area contributed by atoms with Gasteiger partial charge in [0.1, 0.15) is 18.1 Å². The number of hydrogen-bond acceptors (Lipinski definition) is 3. The van der Waals surface area contributed by atoms with Crippen LogP contribution >= 0.6 is 0 Å². The molecule has 0 aliphatic rings. The van der Waals surface area contributed by atoms with Crippen molar-refractivity contribution in [3.05, 3.63) is 54.6 Å². The van der Waals surface area contributed by atoms with Gasteiger partial charge in [0.25, 0.3) is 0 Å². The molecule has 5 nitrogen and oxygen atoms in total. The predicted octanol–water partition coefficient (Wildman–Crippen LogP) is 2.99. The van der Waals surface area contributed by atoms with E-state index in [0.717, 1.165) is 35.3 Å². The maximum atomic E-state index is 12.1. The molecule has 0 radical (unpaired) electrons. The molecule has 0 bridgehead atoms. The summed E-state index contributed by atoms with van der Waals surface area (Å²) in [6, 6.07) is 11.6. The Morgan fingerprint density at radius 1 is 1.30 bits per heavy atom. The van der Waals surface area contributed by atoms with E-state index in [1.54, 1.807) is 13.4 Å². The number of fused-ring (bicyclic) bond motifs is 1. The quantitative estimate of drug-likeness (QED) is 0.682. The third-order valence-corrected chi connectivity index (χ3v) is 3.79. The fraction of sp³-hybridized carbons (Fsp3) is 0.278. The third kappa shape index (κ3) is 3.74. The van der Waals surface area contributed by atoms with Gasteiger partial charge in [0.15, 0.2) is 0 Å². The smallest absolute Gasteiger partial charge is 0.239 e. The number of nitrogens with one attached hydrogen (secondary N) is 1. The molecular weight excluding hydrogens is 292 g/mol. The van der Waals surface area contributed by atoms with Gasteiger partial charge in [-0.05, 0) is 42.8 Å². The Hall–Kier alpha value is -2.69. The van der Waals surface area contributed by atoms with Crippen LogP contribution in [0.4, 0.5) is 0 Å². The Labute approximate surface area is 134 Å². The number of nitrogens with zero attached hydrogens (tertiary/aromatic N) is 1. The molecular formula is C18H20N2O3. The Morgan fingerprint density at radius 3 is 3.00 bits per heavy atom. The van der Waals surface area contributed by atoms with E-state index in [2.05, 4.69) is 5.32 Å². The first-order valence-electron chi connectivity index (χ1n) is 7.68. The van der Waals surface area contributed by atoms with Crippen LogP contribution in [0.15, 0.2) is 53.3 Å². The first-order chi connectivity index (χ1) is 11.3. The fourth-order valence-corrected chi connectivity index (χ4v) is 2.60. The van der Waals surface area contributed by atoms with Crippen molar-refractivity contribution in [1.29, 1.82) is 0 Å². The van der Waals surface area contributed by atoms with Crippen LogP contribution < -0.4 is 10.1 Å². The molecule has 1 aromatic carbocycles. The Bertz CT molecular complexity index is 775. The fourth-order valence-electron chi connectivity index (χ4n) is 2.60. The summed E-state index contributed by atoms with van der Waals surface area (Å²) in [6.45, 7) is 0.961. The van der Waals surface area contributed by atoms with Crippen molar-refractivity contribution in [2.45, 2.75) is 19.4 Å². The van der Waals surface area contributed by atoms with E-state index in [0.29, 0.717) is 13.1 Å². The molecule has 0 spiro atoms. The number of benzene rings is 1. The van der Waals surface area contributed by atoms with Gasteiger partial charge in [-0.15, -0.1) is 0 Å². The lowest BCUT2D eigenvalue weighted by atomic mass is 10.2. The summed E-state index contributed by atoms with van der Waals surface area (Å²) in [5.41, 5.74) is 1.02. The Balaban J connectivity index is 1.51. The van der Waals surface area contributed by atoms with Crippen LogP contribution in [0.5, 0.6) is 5.75 Å². The van der Waals surface area contributed by atoms with Gasteiger partial charge in [-0.25, -0.2) is 0 Å². The van der Waals surface area contributed by atoms with E-state index in [1.165, 1.54) is 0 Å². The molecule has 0 atom stereocenters. The normalized spacial score (nSPS) is 10.8. The lowest BCUT2D eigenvalue weighted by Gasteiger charge is -2.07. The molecule has 5 heteroatoms. The van der Waals surface area contributed by atoms with Crippen LogP contribution in [0.1, 0.15) is 12.2 Å². The van der Waals surface area contributed by atoms with Gasteiger partial charge >= 0.3 is 0 Å². The Morgan fingerprint density at radius 2 is 2.22 bits per heavy atom. The minimum Gasteiger partial charge on any atom is -0.497 e. The number of aryl methyl sites for hydroxylation is 1. The number of aromatic nitrogens is 1. The van der Waals surface area contributed by atoms with Crippen LogP contribution in [0.2, 0.25) is 0 Å². The molecule has 2 heterocycles. The van der Waals surface area contributed by atoms with Crippen molar-refractivity contribution in [3.8, 4) is 5.75 Å². The summed E-state index contributed by atoms with van der Waals surface area (Å²) in [7, 11) is 1.65. The number of furan rings is 1. The summed E-state index contributed by atoms with van der Waals surface area (Å²) in [5.74, 6) is 1.78. The number of methoxy groups -OCH3 is 1. The summed E-state index contributed by atoms with van der Waals surface area (Å²) < 4.78 is 12.4. The van der Waals surface area contributed by atoms with Gasteiger partial charge in [0, 0.05) is 30.1 Å². The number of hydrogen-bond donors (Lipinski definition) is 1. The molecule has 3 rings (SSSR count). The number of carbonyl (C=O) groups excluding carboxylic acids is 1. The molecule has 0 aliphatic heterocycles. The molecule has 1 amide bonds. The SMILES string of the molecule is COc1ccc2c(ccn2CC(=O)NCCCc2ccco2)c1. The molecule has 0 saturated heterocycles. The second kappa shape index (κ2) is 7.05. The molecule has 120 valence electrons. The summed E-state index contributed by atoms with van der Waals surface area (Å²) in [6.07, 6.45) is 5.29.